The van der Waals surface area contributed by atoms with E-state index in [0.717, 1.165) is 24.3 Å². The summed E-state index contributed by atoms with van der Waals surface area (Å²) in [4.78, 5) is 0.954. The summed E-state index contributed by atoms with van der Waals surface area (Å²) in [6.07, 6.45) is 3.28. The minimum absolute atomic E-state index is 0.410. The maximum Gasteiger partial charge on any atom is 0.373 e. The molecule has 0 heterocycles. The van der Waals surface area contributed by atoms with Crippen LogP contribution in [0.15, 0.2) is 0 Å². The molecule has 3 N–H and O–H groups in total. The predicted octanol–water partition coefficient (Wildman–Crippen LogP) is 0.402. The van der Waals surface area contributed by atoms with Gasteiger partial charge in [-0.3, -0.25) is 0 Å². The highest BCUT2D eigenvalue weighted by molar-refractivity contribution is 7.80. The third kappa shape index (κ3) is 3.25. The molecule has 0 aromatic carbocycles. The van der Waals surface area contributed by atoms with Crippen molar-refractivity contribution in [1.82, 2.24) is 10.5 Å². The summed E-state index contributed by atoms with van der Waals surface area (Å²) in [5, 5.41) is 15.3. The lowest BCUT2D eigenvalue weighted by molar-refractivity contribution is 0.515. The molecule has 0 aromatic heterocycles. The van der Waals surface area contributed by atoms with Crippen LogP contribution in [0.1, 0.15) is 19.3 Å². The lowest BCUT2D eigenvalue weighted by atomic mass is 9.87. The van der Waals surface area contributed by atoms with Crippen molar-refractivity contribution < 1.29 is 5.02 Å². The highest BCUT2D eigenvalue weighted by Gasteiger charge is 2.27. The SMILES string of the molecule is CNC(=S)C1CCC(NB(C)O)C1. The Morgan fingerprint density at radius 2 is 2.23 bits per heavy atom. The number of hydrogen-bond acceptors (Lipinski definition) is 3. The molecule has 1 fully saturated rings. The van der Waals surface area contributed by atoms with Crippen molar-refractivity contribution in [3.8, 4) is 0 Å². The minimum atomic E-state index is -0.410. The van der Waals surface area contributed by atoms with Crippen LogP contribution >= 0.6 is 12.2 Å². The molecule has 74 valence electrons. The Labute approximate surface area is 85.4 Å². The molecule has 0 radical (unpaired) electrons. The van der Waals surface area contributed by atoms with E-state index < -0.39 is 7.05 Å². The van der Waals surface area contributed by atoms with Gasteiger partial charge in [0.05, 0.1) is 4.99 Å². The van der Waals surface area contributed by atoms with Crippen molar-refractivity contribution in [2.24, 2.45) is 5.92 Å². The molecule has 0 aliphatic heterocycles. The molecule has 0 saturated heterocycles. The summed E-state index contributed by atoms with van der Waals surface area (Å²) in [5.74, 6) is 0.497. The van der Waals surface area contributed by atoms with Crippen molar-refractivity contribution in [3.05, 3.63) is 0 Å². The number of hydrogen-bond donors (Lipinski definition) is 3. The summed E-state index contributed by atoms with van der Waals surface area (Å²) in [5.41, 5.74) is 0. The molecular formula is C8H17BN2OS. The fourth-order valence-corrected chi connectivity index (χ4v) is 2.13. The van der Waals surface area contributed by atoms with E-state index in [1.165, 1.54) is 0 Å². The van der Waals surface area contributed by atoms with Crippen molar-refractivity contribution in [2.75, 3.05) is 7.05 Å². The molecule has 1 aliphatic carbocycles. The summed E-state index contributed by atoms with van der Waals surface area (Å²) in [6.45, 7) is 1.75. The lowest BCUT2D eigenvalue weighted by Crippen LogP contribution is -2.38. The summed E-state index contributed by atoms with van der Waals surface area (Å²) in [6, 6.07) is 0.427. The normalized spacial score (nSPS) is 27.3. The summed E-state index contributed by atoms with van der Waals surface area (Å²) < 4.78 is 0. The van der Waals surface area contributed by atoms with Crippen molar-refractivity contribution in [1.29, 1.82) is 0 Å². The highest BCUT2D eigenvalue weighted by Crippen LogP contribution is 2.26. The molecule has 5 heteroatoms. The first kappa shape index (κ1) is 11.0. The fraction of sp³-hybridized carbons (Fsp3) is 0.875. The Morgan fingerprint density at radius 1 is 1.54 bits per heavy atom. The van der Waals surface area contributed by atoms with Crippen LogP contribution < -0.4 is 10.5 Å². The fourth-order valence-electron chi connectivity index (χ4n) is 1.92. The van der Waals surface area contributed by atoms with Crippen molar-refractivity contribution in [3.63, 3.8) is 0 Å². The monoisotopic (exact) mass is 200 g/mol. The zero-order valence-corrected chi connectivity index (χ0v) is 9.03. The average molecular weight is 200 g/mol. The van der Waals surface area contributed by atoms with Gasteiger partial charge in [0.25, 0.3) is 0 Å². The molecule has 0 bridgehead atoms. The number of thiocarbonyl (C=S) groups is 1. The second-order valence-electron chi connectivity index (χ2n) is 3.66. The molecule has 0 amide bonds. The van der Waals surface area contributed by atoms with E-state index in [4.69, 9.17) is 17.2 Å². The molecule has 3 nitrogen and oxygen atoms in total. The summed E-state index contributed by atoms with van der Waals surface area (Å²) >= 11 is 5.18. The Bertz CT molecular complexity index is 189. The predicted molar refractivity (Wildman–Crippen MR) is 59.8 cm³/mol. The van der Waals surface area contributed by atoms with Gasteiger partial charge in [-0.25, -0.2) is 0 Å². The maximum absolute atomic E-state index is 9.14. The average Bonchev–Trinajstić information content (AvgIpc) is 2.50. The molecule has 2 atom stereocenters. The van der Waals surface area contributed by atoms with E-state index in [9.17, 15) is 0 Å². The molecule has 13 heavy (non-hydrogen) atoms. The Kier molecular flexibility index (Phi) is 4.16. The van der Waals surface area contributed by atoms with Gasteiger partial charge in [0.1, 0.15) is 0 Å². The molecule has 2 unspecified atom stereocenters. The van der Waals surface area contributed by atoms with Crippen LogP contribution in [0.4, 0.5) is 0 Å². The van der Waals surface area contributed by atoms with E-state index in [1.807, 2.05) is 7.05 Å². The van der Waals surface area contributed by atoms with E-state index in [-0.39, 0.29) is 0 Å². The van der Waals surface area contributed by atoms with Crippen LogP contribution in [0, 0.1) is 5.92 Å². The van der Waals surface area contributed by atoms with Crippen molar-refractivity contribution in [2.45, 2.75) is 32.1 Å². The van der Waals surface area contributed by atoms with Gasteiger partial charge in [-0.2, -0.15) is 0 Å². The van der Waals surface area contributed by atoms with E-state index in [2.05, 4.69) is 10.5 Å². The largest absolute Gasteiger partial charge is 0.437 e. The van der Waals surface area contributed by atoms with E-state index in [0.29, 0.717) is 12.0 Å². The molecule has 1 saturated carbocycles. The lowest BCUT2D eigenvalue weighted by Gasteiger charge is -2.14. The van der Waals surface area contributed by atoms with Crippen LogP contribution in [-0.2, 0) is 0 Å². The first-order chi connectivity index (χ1) is 6.13. The Hall–Kier alpha value is -0.125. The smallest absolute Gasteiger partial charge is 0.373 e. The number of rotatable bonds is 3. The molecule has 1 rings (SSSR count). The maximum atomic E-state index is 9.14. The van der Waals surface area contributed by atoms with Gasteiger partial charge < -0.3 is 15.6 Å². The topological polar surface area (TPSA) is 44.3 Å². The highest BCUT2D eigenvalue weighted by atomic mass is 32.1. The first-order valence-corrected chi connectivity index (χ1v) is 5.20. The Balaban J connectivity index is 2.32. The second-order valence-corrected chi connectivity index (χ2v) is 4.10. The van der Waals surface area contributed by atoms with Crippen LogP contribution in [0.5, 0.6) is 0 Å². The van der Waals surface area contributed by atoms with Gasteiger partial charge in [0, 0.05) is 13.0 Å². The molecule has 1 aliphatic rings. The van der Waals surface area contributed by atoms with Crippen LogP contribution in [0.3, 0.4) is 0 Å². The third-order valence-corrected chi connectivity index (χ3v) is 3.06. The van der Waals surface area contributed by atoms with E-state index in [1.54, 1.807) is 6.82 Å². The van der Waals surface area contributed by atoms with Gasteiger partial charge >= 0.3 is 7.05 Å². The van der Waals surface area contributed by atoms with Gasteiger partial charge in [-0.05, 0) is 32.1 Å². The third-order valence-electron chi connectivity index (χ3n) is 2.53. The molecule has 0 spiro atoms. The zero-order chi connectivity index (χ0) is 9.84. The Morgan fingerprint density at radius 3 is 2.77 bits per heavy atom. The van der Waals surface area contributed by atoms with Gasteiger partial charge in [-0.15, -0.1) is 0 Å². The van der Waals surface area contributed by atoms with Crippen LogP contribution in [0.25, 0.3) is 0 Å². The van der Waals surface area contributed by atoms with Crippen LogP contribution in [0.2, 0.25) is 6.82 Å². The summed E-state index contributed by atoms with van der Waals surface area (Å²) in [7, 11) is 1.46. The second kappa shape index (κ2) is 4.93. The molecular weight excluding hydrogens is 183 g/mol. The van der Waals surface area contributed by atoms with Crippen molar-refractivity contribution >= 4 is 24.3 Å². The number of nitrogens with one attached hydrogen (secondary N) is 2. The van der Waals surface area contributed by atoms with Gasteiger partial charge in [0.15, 0.2) is 0 Å². The van der Waals surface area contributed by atoms with Gasteiger partial charge in [0.2, 0.25) is 0 Å². The minimum Gasteiger partial charge on any atom is -0.437 e. The first-order valence-electron chi connectivity index (χ1n) is 4.79. The zero-order valence-electron chi connectivity index (χ0n) is 8.21. The van der Waals surface area contributed by atoms with E-state index >= 15 is 0 Å². The van der Waals surface area contributed by atoms with Crippen LogP contribution in [-0.4, -0.2) is 30.2 Å². The van der Waals surface area contributed by atoms with Gasteiger partial charge in [-0.1, -0.05) is 12.2 Å². The quantitative estimate of drug-likeness (QED) is 0.456. The standard InChI is InChI=1S/C8H17BN2OS/c1-9(12)11-7-4-3-6(5-7)8(13)10-2/h6-7,11-12H,3-5H2,1-2H3,(H,10,13). The molecule has 0 aromatic rings.